The molecule has 2 aromatic carbocycles. The molecular formula is C27H30Cl2F3NO2. The van der Waals surface area contributed by atoms with Gasteiger partial charge in [0.15, 0.2) is 5.60 Å². The Labute approximate surface area is 214 Å². The number of amides is 1. The van der Waals surface area contributed by atoms with Crippen LogP contribution in [0.5, 0.6) is 0 Å². The van der Waals surface area contributed by atoms with Crippen molar-refractivity contribution in [3.8, 4) is 0 Å². The van der Waals surface area contributed by atoms with Crippen LogP contribution < -0.4 is 0 Å². The van der Waals surface area contributed by atoms with E-state index in [2.05, 4.69) is 6.58 Å². The fourth-order valence-corrected chi connectivity index (χ4v) is 5.61. The molecule has 0 saturated carbocycles. The molecule has 1 amide bonds. The van der Waals surface area contributed by atoms with Crippen LogP contribution >= 0.6 is 23.2 Å². The summed E-state index contributed by atoms with van der Waals surface area (Å²) < 4.78 is 42.3. The van der Waals surface area contributed by atoms with Crippen LogP contribution in [0.1, 0.15) is 63.1 Å². The Morgan fingerprint density at radius 1 is 1.17 bits per heavy atom. The number of nitrogens with zero attached hydrogens (tertiary/aromatic N) is 1. The Hall–Kier alpha value is -2.02. The summed E-state index contributed by atoms with van der Waals surface area (Å²) in [6.45, 7) is 7.80. The highest BCUT2D eigenvalue weighted by Gasteiger charge is 2.61. The number of allylic oxidation sites excluding steroid dienone is 1. The van der Waals surface area contributed by atoms with Gasteiger partial charge in [0.1, 0.15) is 0 Å². The third kappa shape index (κ3) is 5.25. The molecule has 0 aromatic heterocycles. The first-order valence-corrected chi connectivity index (χ1v) is 12.3. The molecule has 1 fully saturated rings. The fourth-order valence-electron chi connectivity index (χ4n) is 5.28. The lowest BCUT2D eigenvalue weighted by molar-refractivity contribution is -0.277. The van der Waals surface area contributed by atoms with Crippen LogP contribution in [0.4, 0.5) is 13.2 Å². The summed E-state index contributed by atoms with van der Waals surface area (Å²) in [5, 5.41) is 11.8. The average Bonchev–Trinajstić information content (AvgIpc) is 2.77. The first-order valence-electron chi connectivity index (χ1n) is 11.5. The van der Waals surface area contributed by atoms with Crippen molar-refractivity contribution in [3.05, 3.63) is 82.4 Å². The van der Waals surface area contributed by atoms with Crippen molar-refractivity contribution < 1.29 is 23.1 Å². The van der Waals surface area contributed by atoms with Gasteiger partial charge in [-0.25, -0.2) is 0 Å². The lowest BCUT2D eigenvalue weighted by Crippen LogP contribution is -2.65. The maximum absolute atomic E-state index is 14.1. The van der Waals surface area contributed by atoms with Gasteiger partial charge in [0.05, 0.1) is 17.5 Å². The molecule has 1 aliphatic heterocycles. The number of benzene rings is 2. The zero-order valence-corrected chi connectivity index (χ0v) is 21.5. The molecule has 0 radical (unpaired) electrons. The third-order valence-electron chi connectivity index (χ3n) is 7.13. The Morgan fingerprint density at radius 3 is 2.31 bits per heavy atom. The molecule has 0 spiro atoms. The van der Waals surface area contributed by atoms with Crippen molar-refractivity contribution in [2.24, 2.45) is 5.41 Å². The lowest BCUT2D eigenvalue weighted by Gasteiger charge is -2.54. The Balaban J connectivity index is 2.32. The van der Waals surface area contributed by atoms with Gasteiger partial charge in [0, 0.05) is 16.0 Å². The van der Waals surface area contributed by atoms with Crippen LogP contribution in [0, 0.1) is 5.41 Å². The standard InChI is InChI=1S/C27H30Cl2F3NO2/c1-5-14-25(3)16-21(18-8-7-9-20(29)15-18)23(17-10-12-19(28)13-11-17)33(24(25)34)22(6-2)26(4,35)27(30,31)32/h5,7-13,15,21-23,35H,1,6,14,16H2,2-4H3/t21-,22?,23?,25+,26?/m1/s1. The molecule has 1 aliphatic rings. The van der Waals surface area contributed by atoms with Gasteiger partial charge >= 0.3 is 6.18 Å². The van der Waals surface area contributed by atoms with E-state index in [0.717, 1.165) is 12.5 Å². The highest BCUT2D eigenvalue weighted by molar-refractivity contribution is 6.30. The monoisotopic (exact) mass is 527 g/mol. The number of carbonyl (C=O) groups excluding carboxylic acids is 1. The summed E-state index contributed by atoms with van der Waals surface area (Å²) in [6, 6.07) is 11.6. The molecule has 3 unspecified atom stereocenters. The van der Waals surface area contributed by atoms with E-state index < -0.39 is 41.1 Å². The van der Waals surface area contributed by atoms with E-state index in [1.807, 2.05) is 6.07 Å². The zero-order valence-electron chi connectivity index (χ0n) is 19.9. The van der Waals surface area contributed by atoms with E-state index in [1.165, 1.54) is 4.90 Å². The summed E-state index contributed by atoms with van der Waals surface area (Å²) in [6.07, 6.45) is -2.80. The predicted octanol–water partition coefficient (Wildman–Crippen LogP) is 7.72. The van der Waals surface area contributed by atoms with Crippen LogP contribution in [-0.4, -0.2) is 33.7 Å². The maximum Gasteiger partial charge on any atom is 0.418 e. The van der Waals surface area contributed by atoms with Crippen LogP contribution in [0.25, 0.3) is 0 Å². The molecule has 2 aromatic rings. The average molecular weight is 528 g/mol. The second kappa shape index (κ2) is 10.2. The largest absolute Gasteiger partial charge is 0.418 e. The Morgan fingerprint density at radius 2 is 1.80 bits per heavy atom. The number of aliphatic hydroxyl groups is 1. The van der Waals surface area contributed by atoms with Crippen LogP contribution in [0.3, 0.4) is 0 Å². The van der Waals surface area contributed by atoms with Gasteiger partial charge in [-0.1, -0.05) is 67.4 Å². The second-order valence-corrected chi connectivity index (χ2v) is 10.6. The van der Waals surface area contributed by atoms with E-state index >= 15 is 0 Å². The van der Waals surface area contributed by atoms with Crippen molar-refractivity contribution in [1.82, 2.24) is 4.90 Å². The van der Waals surface area contributed by atoms with Crippen molar-refractivity contribution in [3.63, 3.8) is 0 Å². The molecule has 35 heavy (non-hydrogen) atoms. The highest BCUT2D eigenvalue weighted by atomic mass is 35.5. The predicted molar refractivity (Wildman–Crippen MR) is 134 cm³/mol. The van der Waals surface area contributed by atoms with Crippen molar-refractivity contribution >= 4 is 29.1 Å². The number of hydrogen-bond donors (Lipinski definition) is 1. The Kier molecular flexibility index (Phi) is 8.00. The first kappa shape index (κ1) is 27.6. The quantitative estimate of drug-likeness (QED) is 0.374. The summed E-state index contributed by atoms with van der Waals surface area (Å²) in [5.74, 6) is -0.845. The van der Waals surface area contributed by atoms with Crippen LogP contribution in [-0.2, 0) is 4.79 Å². The highest BCUT2D eigenvalue weighted by Crippen LogP contribution is 2.54. The van der Waals surface area contributed by atoms with Crippen molar-refractivity contribution in [2.75, 3.05) is 0 Å². The van der Waals surface area contributed by atoms with Gasteiger partial charge in [-0.05, 0) is 61.6 Å². The summed E-state index contributed by atoms with van der Waals surface area (Å²) in [4.78, 5) is 15.3. The molecule has 5 atom stereocenters. The molecule has 1 saturated heterocycles. The van der Waals surface area contributed by atoms with Crippen molar-refractivity contribution in [2.45, 2.75) is 69.8 Å². The molecule has 0 aliphatic carbocycles. The molecule has 1 N–H and O–H groups in total. The van der Waals surface area contributed by atoms with Crippen LogP contribution in [0.15, 0.2) is 61.2 Å². The molecule has 8 heteroatoms. The molecule has 3 rings (SSSR count). The van der Waals surface area contributed by atoms with E-state index in [0.29, 0.717) is 22.0 Å². The molecule has 3 nitrogen and oxygen atoms in total. The fraction of sp³-hybridized carbons (Fsp3) is 0.444. The number of halogens is 5. The molecule has 1 heterocycles. The summed E-state index contributed by atoms with van der Waals surface area (Å²) in [5.41, 5.74) is -2.73. The molecule has 0 bridgehead atoms. The van der Waals surface area contributed by atoms with Gasteiger partial charge in [-0.3, -0.25) is 4.79 Å². The number of piperidine rings is 1. The van der Waals surface area contributed by atoms with Gasteiger partial charge in [-0.2, -0.15) is 13.2 Å². The van der Waals surface area contributed by atoms with Gasteiger partial charge < -0.3 is 10.0 Å². The third-order valence-corrected chi connectivity index (χ3v) is 7.62. The van der Waals surface area contributed by atoms with Gasteiger partial charge in [-0.15, -0.1) is 6.58 Å². The number of carbonyl (C=O) groups is 1. The number of hydrogen-bond acceptors (Lipinski definition) is 2. The topological polar surface area (TPSA) is 40.5 Å². The van der Waals surface area contributed by atoms with E-state index in [4.69, 9.17) is 23.2 Å². The maximum atomic E-state index is 14.1. The molecule has 190 valence electrons. The van der Waals surface area contributed by atoms with Gasteiger partial charge in [0.25, 0.3) is 0 Å². The van der Waals surface area contributed by atoms with E-state index in [1.54, 1.807) is 62.4 Å². The second-order valence-electron chi connectivity index (χ2n) is 9.70. The SMILES string of the molecule is C=CC[C@@]1(C)C[C@H](c2cccc(Cl)c2)C(c2ccc(Cl)cc2)N(C(CC)C(C)(O)C(F)(F)F)C1=O. The smallest absolute Gasteiger partial charge is 0.379 e. The van der Waals surface area contributed by atoms with Crippen molar-refractivity contribution in [1.29, 1.82) is 0 Å². The normalized spacial score (nSPS) is 25.7. The van der Waals surface area contributed by atoms with Crippen LogP contribution in [0.2, 0.25) is 10.0 Å². The van der Waals surface area contributed by atoms with E-state index in [9.17, 15) is 23.1 Å². The minimum Gasteiger partial charge on any atom is -0.379 e. The number of alkyl halides is 3. The van der Waals surface area contributed by atoms with Gasteiger partial charge in [0.2, 0.25) is 5.91 Å². The zero-order chi connectivity index (χ0) is 26.2. The lowest BCUT2D eigenvalue weighted by atomic mass is 9.66. The Bertz CT molecular complexity index is 1070. The number of rotatable bonds is 7. The summed E-state index contributed by atoms with van der Waals surface area (Å²) in [7, 11) is 0. The first-order chi connectivity index (χ1) is 16.3. The molecular weight excluding hydrogens is 498 g/mol. The number of likely N-dealkylation sites (tertiary alicyclic amines) is 1. The minimum absolute atomic E-state index is 0.102. The summed E-state index contributed by atoms with van der Waals surface area (Å²) >= 11 is 12.4. The van der Waals surface area contributed by atoms with E-state index in [-0.39, 0.29) is 12.8 Å². The minimum atomic E-state index is -4.95.